The summed E-state index contributed by atoms with van der Waals surface area (Å²) in [5, 5.41) is 5.29. The molecule has 0 atom stereocenters. The molecule has 2 aliphatic rings. The van der Waals surface area contributed by atoms with Crippen molar-refractivity contribution in [2.75, 3.05) is 7.11 Å². The number of benzene rings is 4. The molecule has 1 aliphatic heterocycles. The molecule has 6 rings (SSSR count). The highest BCUT2D eigenvalue weighted by Crippen LogP contribution is 2.43. The predicted octanol–water partition coefficient (Wildman–Crippen LogP) is 6.59. The minimum absolute atomic E-state index is 0.486. The summed E-state index contributed by atoms with van der Waals surface area (Å²) in [6, 6.07) is 23.0. The van der Waals surface area contributed by atoms with Gasteiger partial charge < -0.3 is 14.0 Å². The molecule has 0 spiro atoms. The summed E-state index contributed by atoms with van der Waals surface area (Å²) in [7, 11) is 1.29. The molecule has 1 fully saturated rings. The van der Waals surface area contributed by atoms with E-state index in [0.29, 0.717) is 5.25 Å². The summed E-state index contributed by atoms with van der Waals surface area (Å²) in [6.07, 6.45) is 6.63. The van der Waals surface area contributed by atoms with Gasteiger partial charge in [0.25, 0.3) is 0 Å². The lowest BCUT2D eigenvalue weighted by molar-refractivity contribution is 0.424. The van der Waals surface area contributed by atoms with Crippen molar-refractivity contribution < 1.29 is 14.0 Å². The van der Waals surface area contributed by atoms with E-state index < -0.39 is 7.12 Å². The average molecular weight is 440 g/mol. The number of ether oxygens (including phenoxy) is 1. The molecule has 1 heterocycles. The molecule has 4 aromatic rings. The van der Waals surface area contributed by atoms with Crippen molar-refractivity contribution in [3.63, 3.8) is 0 Å². The van der Waals surface area contributed by atoms with Crippen molar-refractivity contribution in [2.24, 2.45) is 0 Å². The summed E-state index contributed by atoms with van der Waals surface area (Å²) in [4.78, 5) is 1.31. The monoisotopic (exact) mass is 440 g/mol. The minimum Gasteiger partial charge on any atom is -0.519 e. The van der Waals surface area contributed by atoms with E-state index in [9.17, 15) is 0 Å². The molecule has 0 aromatic heterocycles. The summed E-state index contributed by atoms with van der Waals surface area (Å²) >= 11 is 2.02. The first-order chi connectivity index (χ1) is 15.8. The Morgan fingerprint density at radius 1 is 0.812 bits per heavy atom. The number of hydrogen-bond acceptors (Lipinski definition) is 4. The van der Waals surface area contributed by atoms with Gasteiger partial charge in [0.05, 0.1) is 7.11 Å². The van der Waals surface area contributed by atoms with Crippen molar-refractivity contribution in [1.82, 2.24) is 0 Å². The van der Waals surface area contributed by atoms with E-state index in [1.54, 1.807) is 7.11 Å². The Morgan fingerprint density at radius 2 is 1.50 bits per heavy atom. The van der Waals surface area contributed by atoms with Gasteiger partial charge >= 0.3 is 7.12 Å². The first kappa shape index (κ1) is 19.9. The van der Waals surface area contributed by atoms with E-state index in [2.05, 4.69) is 42.5 Å². The third-order valence-corrected chi connectivity index (χ3v) is 7.97. The highest BCUT2D eigenvalue weighted by Gasteiger charge is 2.36. The predicted molar refractivity (Wildman–Crippen MR) is 134 cm³/mol. The molecule has 0 unspecified atom stereocenters. The van der Waals surface area contributed by atoms with Crippen LogP contribution in [0.3, 0.4) is 0 Å². The maximum Gasteiger partial charge on any atom is 0.633 e. The topological polar surface area (TPSA) is 27.7 Å². The zero-order valence-electron chi connectivity index (χ0n) is 18.2. The highest BCUT2D eigenvalue weighted by molar-refractivity contribution is 8.00. The standard InChI is InChI=1S/C27H25BO3S/c1-29-27-25-18(9-7-13-21(25)28-30-22-14-5-6-15-23(22)31-28)17-19-10-8-16-24(26(19)27)32-20-11-3-2-4-12-20/h5-10,13-17,20H,2-4,11-12H2,1H3. The molecule has 0 amide bonds. The summed E-state index contributed by atoms with van der Waals surface area (Å²) < 4.78 is 18.5. The molecule has 3 nitrogen and oxygen atoms in total. The fraction of sp³-hybridized carbons (Fsp3) is 0.259. The Balaban J connectivity index is 1.51. The van der Waals surface area contributed by atoms with E-state index >= 15 is 0 Å². The van der Waals surface area contributed by atoms with Crippen LogP contribution in [0.1, 0.15) is 32.1 Å². The molecule has 0 bridgehead atoms. The molecule has 5 heteroatoms. The van der Waals surface area contributed by atoms with Gasteiger partial charge in [-0.3, -0.25) is 0 Å². The fourth-order valence-corrected chi connectivity index (χ4v) is 6.48. The summed E-state index contributed by atoms with van der Waals surface area (Å²) in [5.74, 6) is 2.47. The zero-order valence-corrected chi connectivity index (χ0v) is 19.0. The van der Waals surface area contributed by atoms with E-state index in [4.69, 9.17) is 14.0 Å². The second-order valence-electron chi connectivity index (χ2n) is 8.60. The third kappa shape index (κ3) is 3.40. The Bertz CT molecular complexity index is 1270. The number of fused-ring (bicyclic) bond motifs is 3. The molecule has 1 aliphatic carbocycles. The van der Waals surface area contributed by atoms with Gasteiger partial charge in [-0.15, -0.1) is 11.8 Å². The van der Waals surface area contributed by atoms with Gasteiger partial charge in [0, 0.05) is 26.4 Å². The third-order valence-electron chi connectivity index (χ3n) is 6.57. The molecule has 4 aromatic carbocycles. The van der Waals surface area contributed by atoms with Crippen molar-refractivity contribution >= 4 is 45.9 Å². The zero-order chi connectivity index (χ0) is 21.5. The van der Waals surface area contributed by atoms with Gasteiger partial charge in [-0.1, -0.05) is 61.7 Å². The molecule has 160 valence electrons. The van der Waals surface area contributed by atoms with Gasteiger partial charge in [-0.05, 0) is 47.9 Å². The molecule has 0 radical (unpaired) electrons. The van der Waals surface area contributed by atoms with Crippen LogP contribution in [0.15, 0.2) is 71.6 Å². The number of methoxy groups -OCH3 is 1. The number of thioether (sulfide) groups is 1. The Morgan fingerprint density at radius 3 is 2.22 bits per heavy atom. The van der Waals surface area contributed by atoms with Gasteiger partial charge in [0.1, 0.15) is 17.2 Å². The van der Waals surface area contributed by atoms with Crippen LogP contribution >= 0.6 is 11.8 Å². The SMILES string of the molecule is COc1c2c(SC3CCCCC3)cccc2cc2cccc(B3Oc4ccccc4O3)c12. The molecule has 0 saturated heterocycles. The van der Waals surface area contributed by atoms with Crippen LogP contribution in [-0.2, 0) is 0 Å². The smallest absolute Gasteiger partial charge is 0.519 e. The molecular weight excluding hydrogens is 415 g/mol. The summed E-state index contributed by atoms with van der Waals surface area (Å²) in [6.45, 7) is 0. The van der Waals surface area contributed by atoms with Gasteiger partial charge in [-0.2, -0.15) is 0 Å². The van der Waals surface area contributed by atoms with Crippen molar-refractivity contribution in [3.8, 4) is 17.2 Å². The first-order valence-corrected chi connectivity index (χ1v) is 12.3. The van der Waals surface area contributed by atoms with Crippen LogP contribution in [-0.4, -0.2) is 19.5 Å². The molecule has 1 saturated carbocycles. The van der Waals surface area contributed by atoms with E-state index in [-0.39, 0.29) is 0 Å². The van der Waals surface area contributed by atoms with Crippen LogP contribution in [0, 0.1) is 0 Å². The van der Waals surface area contributed by atoms with Gasteiger partial charge in [0.15, 0.2) is 0 Å². The Kier molecular flexibility index (Phi) is 5.15. The van der Waals surface area contributed by atoms with E-state index in [1.807, 2.05) is 36.0 Å². The first-order valence-electron chi connectivity index (χ1n) is 11.4. The van der Waals surface area contributed by atoms with Crippen LogP contribution in [0.25, 0.3) is 21.5 Å². The molecule has 0 N–H and O–H groups in total. The Hall–Kier alpha value is -2.79. The Labute approximate surface area is 193 Å². The number of hydrogen-bond donors (Lipinski definition) is 0. The maximum atomic E-state index is 6.18. The highest BCUT2D eigenvalue weighted by atomic mass is 32.2. The second kappa shape index (κ2) is 8.29. The van der Waals surface area contributed by atoms with Crippen LogP contribution in [0.4, 0.5) is 0 Å². The van der Waals surface area contributed by atoms with E-state index in [0.717, 1.165) is 33.5 Å². The lowest BCUT2D eigenvalue weighted by Gasteiger charge is -2.23. The van der Waals surface area contributed by atoms with E-state index in [1.165, 1.54) is 47.8 Å². The second-order valence-corrected chi connectivity index (χ2v) is 9.94. The van der Waals surface area contributed by atoms with Crippen molar-refractivity contribution in [3.05, 3.63) is 66.7 Å². The quantitative estimate of drug-likeness (QED) is 0.264. The van der Waals surface area contributed by atoms with Crippen molar-refractivity contribution in [2.45, 2.75) is 42.2 Å². The maximum absolute atomic E-state index is 6.18. The fourth-order valence-electron chi connectivity index (χ4n) is 5.06. The van der Waals surface area contributed by atoms with Crippen LogP contribution < -0.4 is 19.5 Å². The lowest BCUT2D eigenvalue weighted by Crippen LogP contribution is -2.39. The molecule has 32 heavy (non-hydrogen) atoms. The number of para-hydroxylation sites is 2. The van der Waals surface area contributed by atoms with Crippen LogP contribution in [0.5, 0.6) is 17.2 Å². The van der Waals surface area contributed by atoms with Gasteiger partial charge in [0.2, 0.25) is 0 Å². The largest absolute Gasteiger partial charge is 0.633 e. The van der Waals surface area contributed by atoms with Crippen molar-refractivity contribution in [1.29, 1.82) is 0 Å². The average Bonchev–Trinajstić information content (AvgIpc) is 3.27. The number of rotatable bonds is 4. The lowest BCUT2D eigenvalue weighted by atomic mass is 9.75. The normalized spacial score (nSPS) is 16.1. The van der Waals surface area contributed by atoms with Gasteiger partial charge in [-0.25, -0.2) is 0 Å². The molecular formula is C27H25BO3S. The van der Waals surface area contributed by atoms with Crippen LogP contribution in [0.2, 0.25) is 0 Å². The summed E-state index contributed by atoms with van der Waals surface area (Å²) in [5.41, 5.74) is 0.995. The minimum atomic E-state index is -0.486.